The number of rotatable bonds is 6. The third-order valence-electron chi connectivity index (χ3n) is 3.02. The number of phenols is 1. The van der Waals surface area contributed by atoms with Crippen LogP contribution in [0.5, 0.6) is 11.5 Å². The first kappa shape index (κ1) is 16.6. The zero-order chi connectivity index (χ0) is 17.0. The van der Waals surface area contributed by atoms with Gasteiger partial charge >= 0.3 is 5.97 Å². The highest BCUT2D eigenvalue weighted by Crippen LogP contribution is 2.26. The van der Waals surface area contributed by atoms with Gasteiger partial charge in [-0.3, -0.25) is 0 Å². The molecule has 0 saturated carbocycles. The van der Waals surface area contributed by atoms with E-state index >= 15 is 0 Å². The van der Waals surface area contributed by atoms with Gasteiger partial charge in [-0.2, -0.15) is 0 Å². The number of carbonyl (C=O) groups is 1. The molecule has 2 rings (SSSR count). The number of hydrogen-bond donors (Lipinski definition) is 2. The van der Waals surface area contributed by atoms with Crippen molar-refractivity contribution in [2.24, 2.45) is 0 Å². The second kappa shape index (κ2) is 6.53. The molecule has 2 aromatic rings. The number of aromatic carboxylic acids is 1. The van der Waals surface area contributed by atoms with Gasteiger partial charge in [0.05, 0.1) is 4.90 Å². The van der Waals surface area contributed by atoms with Crippen LogP contribution in [-0.2, 0) is 9.84 Å². The number of benzene rings is 2. The molecule has 1 unspecified atom stereocenters. The molecule has 0 aliphatic rings. The number of ether oxygens (including phenoxy) is 1. The average molecular weight is 334 g/mol. The van der Waals surface area contributed by atoms with Crippen LogP contribution in [-0.4, -0.2) is 30.0 Å². The molecule has 2 aromatic carbocycles. The topological polar surface area (TPSA) is 101 Å². The largest absolute Gasteiger partial charge is 0.507 e. The van der Waals surface area contributed by atoms with Gasteiger partial charge in [-0.05, 0) is 36.4 Å². The summed E-state index contributed by atoms with van der Waals surface area (Å²) in [5, 5.41) is 18.4. The minimum absolute atomic E-state index is 0.00962. The molecule has 0 radical (unpaired) electrons. The van der Waals surface area contributed by atoms with E-state index in [1.165, 1.54) is 18.2 Å². The number of sulfone groups is 1. The van der Waals surface area contributed by atoms with Crippen LogP contribution in [0.3, 0.4) is 0 Å². The molecule has 0 bridgehead atoms. The highest BCUT2D eigenvalue weighted by atomic mass is 32.2. The first-order valence-corrected chi connectivity index (χ1v) is 8.05. The average Bonchev–Trinajstić information content (AvgIpc) is 2.54. The Labute approximate surface area is 133 Å². The van der Waals surface area contributed by atoms with Gasteiger partial charge in [0.2, 0.25) is 15.3 Å². The molecular formula is C16H14O6S. The predicted molar refractivity (Wildman–Crippen MR) is 83.3 cm³/mol. The van der Waals surface area contributed by atoms with Crippen LogP contribution in [0, 0.1) is 0 Å². The number of carboxylic acid groups (broad SMARTS) is 1. The summed E-state index contributed by atoms with van der Waals surface area (Å²) in [5.41, 5.74) is -1.78. The summed E-state index contributed by atoms with van der Waals surface area (Å²) in [4.78, 5) is 11.1. The van der Waals surface area contributed by atoms with Crippen molar-refractivity contribution >= 4 is 15.8 Å². The van der Waals surface area contributed by atoms with E-state index in [0.29, 0.717) is 0 Å². The molecule has 0 fully saturated rings. The third-order valence-corrected chi connectivity index (χ3v) is 4.85. The number of carboxylic acids is 1. The van der Waals surface area contributed by atoms with Crippen LogP contribution >= 0.6 is 0 Å². The van der Waals surface area contributed by atoms with Crippen LogP contribution in [0.4, 0.5) is 0 Å². The molecule has 6 nitrogen and oxygen atoms in total. The summed E-state index contributed by atoms with van der Waals surface area (Å²) >= 11 is 0. The van der Waals surface area contributed by atoms with Crippen LogP contribution in [0.25, 0.3) is 0 Å². The van der Waals surface area contributed by atoms with Crippen LogP contribution in [0.2, 0.25) is 0 Å². The lowest BCUT2D eigenvalue weighted by molar-refractivity contribution is 0.0693. The Morgan fingerprint density at radius 1 is 1.17 bits per heavy atom. The smallest absolute Gasteiger partial charge is 0.339 e. The Bertz CT molecular complexity index is 827. The van der Waals surface area contributed by atoms with Gasteiger partial charge in [0.15, 0.2) is 0 Å². The molecule has 0 aliphatic carbocycles. The van der Waals surface area contributed by atoms with Gasteiger partial charge < -0.3 is 14.9 Å². The van der Waals surface area contributed by atoms with E-state index in [2.05, 4.69) is 6.58 Å². The van der Waals surface area contributed by atoms with E-state index in [1.54, 1.807) is 18.2 Å². The Morgan fingerprint density at radius 3 is 2.39 bits per heavy atom. The van der Waals surface area contributed by atoms with Gasteiger partial charge in [-0.1, -0.05) is 24.8 Å². The summed E-state index contributed by atoms with van der Waals surface area (Å²) in [6.07, 6.45) is 1.11. The molecule has 0 aliphatic heterocycles. The molecule has 0 spiro atoms. The normalized spacial score (nSPS) is 12.3. The number of hydrogen-bond acceptors (Lipinski definition) is 5. The van der Waals surface area contributed by atoms with E-state index in [1.807, 2.05) is 0 Å². The summed E-state index contributed by atoms with van der Waals surface area (Å²) in [6, 6.07) is 11.1. The lowest BCUT2D eigenvalue weighted by Gasteiger charge is -2.16. The molecular weight excluding hydrogens is 320 g/mol. The van der Waals surface area contributed by atoms with Gasteiger partial charge in [0.25, 0.3) is 0 Å². The Kier molecular flexibility index (Phi) is 4.71. The fourth-order valence-corrected chi connectivity index (χ4v) is 3.17. The highest BCUT2D eigenvalue weighted by Gasteiger charge is 2.27. The Balaban J connectivity index is 2.35. The lowest BCUT2D eigenvalue weighted by Crippen LogP contribution is -2.25. The fraction of sp³-hybridized carbons (Fsp3) is 0.0625. The minimum Gasteiger partial charge on any atom is -0.507 e. The molecule has 0 amide bonds. The maximum absolute atomic E-state index is 12.5. The van der Waals surface area contributed by atoms with Crippen molar-refractivity contribution in [3.05, 3.63) is 66.7 Å². The van der Waals surface area contributed by atoms with Crippen molar-refractivity contribution in [1.29, 1.82) is 0 Å². The molecule has 0 saturated heterocycles. The van der Waals surface area contributed by atoms with E-state index < -0.39 is 27.0 Å². The van der Waals surface area contributed by atoms with E-state index in [0.717, 1.165) is 18.2 Å². The van der Waals surface area contributed by atoms with E-state index in [4.69, 9.17) is 9.84 Å². The summed E-state index contributed by atoms with van der Waals surface area (Å²) in [5.74, 6) is -1.80. The van der Waals surface area contributed by atoms with Crippen molar-refractivity contribution < 1.29 is 28.2 Å². The molecule has 2 N–H and O–H groups in total. The van der Waals surface area contributed by atoms with Crippen LogP contribution < -0.4 is 4.74 Å². The Hall–Kier alpha value is -2.80. The zero-order valence-electron chi connectivity index (χ0n) is 11.9. The molecule has 23 heavy (non-hydrogen) atoms. The summed E-state index contributed by atoms with van der Waals surface area (Å²) in [7, 11) is -3.84. The van der Waals surface area contributed by atoms with E-state index in [9.17, 15) is 18.3 Å². The number of aromatic hydroxyl groups is 1. The molecule has 0 heterocycles. The third kappa shape index (κ3) is 3.51. The van der Waals surface area contributed by atoms with Gasteiger partial charge in [-0.15, -0.1) is 0 Å². The SMILES string of the molecule is C=CC(Oc1ccc(O)c(C(=O)O)c1)S(=O)(=O)c1ccccc1. The summed E-state index contributed by atoms with van der Waals surface area (Å²) < 4.78 is 30.3. The van der Waals surface area contributed by atoms with Crippen LogP contribution in [0.1, 0.15) is 10.4 Å². The zero-order valence-corrected chi connectivity index (χ0v) is 12.7. The maximum atomic E-state index is 12.5. The van der Waals surface area contributed by atoms with Crippen molar-refractivity contribution in [1.82, 2.24) is 0 Å². The van der Waals surface area contributed by atoms with E-state index in [-0.39, 0.29) is 16.2 Å². The van der Waals surface area contributed by atoms with Crippen molar-refractivity contribution in [3.63, 3.8) is 0 Å². The molecule has 7 heteroatoms. The lowest BCUT2D eigenvalue weighted by atomic mass is 10.2. The second-order valence-electron chi connectivity index (χ2n) is 4.56. The highest BCUT2D eigenvalue weighted by molar-refractivity contribution is 7.92. The monoisotopic (exact) mass is 334 g/mol. The summed E-state index contributed by atoms with van der Waals surface area (Å²) in [6.45, 7) is 3.45. The van der Waals surface area contributed by atoms with Gasteiger partial charge in [0, 0.05) is 0 Å². The van der Waals surface area contributed by atoms with Gasteiger partial charge in [-0.25, -0.2) is 13.2 Å². The molecule has 0 aromatic heterocycles. The molecule has 1 atom stereocenters. The first-order chi connectivity index (χ1) is 10.9. The van der Waals surface area contributed by atoms with Crippen molar-refractivity contribution in [3.8, 4) is 11.5 Å². The maximum Gasteiger partial charge on any atom is 0.339 e. The van der Waals surface area contributed by atoms with Crippen molar-refractivity contribution in [2.45, 2.75) is 10.3 Å². The van der Waals surface area contributed by atoms with Gasteiger partial charge in [0.1, 0.15) is 17.1 Å². The van der Waals surface area contributed by atoms with Crippen molar-refractivity contribution in [2.75, 3.05) is 0 Å². The second-order valence-corrected chi connectivity index (χ2v) is 6.59. The van der Waals surface area contributed by atoms with Crippen LogP contribution in [0.15, 0.2) is 66.1 Å². The Morgan fingerprint density at radius 2 is 1.83 bits per heavy atom. The first-order valence-electron chi connectivity index (χ1n) is 6.50. The molecule has 120 valence electrons. The quantitative estimate of drug-likeness (QED) is 0.787. The fourth-order valence-electron chi connectivity index (χ4n) is 1.88. The minimum atomic E-state index is -3.84. The predicted octanol–water partition coefficient (Wildman–Crippen LogP) is 2.46. The standard InChI is InChI=1S/C16H14O6S/c1-2-15(23(20,21)12-6-4-3-5-7-12)22-11-8-9-14(17)13(10-11)16(18)19/h2-10,15,17H,1H2,(H,18,19).